The van der Waals surface area contributed by atoms with Crippen molar-refractivity contribution in [2.75, 3.05) is 0 Å². The number of hydrogen-bond donors (Lipinski definition) is 2. The van der Waals surface area contributed by atoms with Crippen LogP contribution in [0.2, 0.25) is 0 Å². The van der Waals surface area contributed by atoms with Gasteiger partial charge in [0.1, 0.15) is 5.72 Å². The summed E-state index contributed by atoms with van der Waals surface area (Å²) in [5, 5.41) is 14.1. The van der Waals surface area contributed by atoms with Gasteiger partial charge in [-0.3, -0.25) is 5.32 Å². The largest absolute Gasteiger partial charge is 0.376 e. The third-order valence-electron chi connectivity index (χ3n) is 3.64. The van der Waals surface area contributed by atoms with Gasteiger partial charge in [0.25, 0.3) is 0 Å². The van der Waals surface area contributed by atoms with Crippen LogP contribution in [-0.2, 0) is 0 Å². The Balaban J connectivity index is 2.00. The van der Waals surface area contributed by atoms with Crippen LogP contribution in [0.5, 0.6) is 0 Å². The molecule has 0 aromatic heterocycles. The lowest BCUT2D eigenvalue weighted by molar-refractivity contribution is -0.0217. The van der Waals surface area contributed by atoms with E-state index in [2.05, 4.69) is 36.5 Å². The Hall–Kier alpha value is -1.12. The van der Waals surface area contributed by atoms with Crippen molar-refractivity contribution in [1.82, 2.24) is 5.32 Å². The second kappa shape index (κ2) is 6.17. The average molecular weight is 245 g/mol. The minimum atomic E-state index is -0.722. The van der Waals surface area contributed by atoms with Crippen LogP contribution in [0.3, 0.4) is 0 Å². The number of allylic oxidation sites excluding steroid dienone is 2. The first-order chi connectivity index (χ1) is 8.70. The monoisotopic (exact) mass is 245 g/mol. The normalized spacial score (nSPS) is 28.1. The van der Waals surface area contributed by atoms with Crippen LogP contribution < -0.4 is 5.32 Å². The van der Waals surface area contributed by atoms with E-state index >= 15 is 0 Å². The number of nitrogens with one attached hydrogen (secondary N) is 1. The first-order valence-corrected chi connectivity index (χ1v) is 6.90. The van der Waals surface area contributed by atoms with E-state index in [4.69, 9.17) is 0 Å². The molecule has 0 saturated carbocycles. The number of aliphatic hydroxyl groups is 1. The smallest absolute Gasteiger partial charge is 0.116 e. The first kappa shape index (κ1) is 13.3. The summed E-state index contributed by atoms with van der Waals surface area (Å²) in [5.74, 6) is 0. The summed E-state index contributed by atoms with van der Waals surface area (Å²) in [7, 11) is 0. The maximum absolute atomic E-state index is 10.7. The van der Waals surface area contributed by atoms with Gasteiger partial charge in [0.05, 0.1) is 0 Å². The Morgan fingerprint density at radius 1 is 1.11 bits per heavy atom. The fraction of sp³-hybridized carbons (Fsp3) is 0.500. The van der Waals surface area contributed by atoms with Crippen molar-refractivity contribution in [2.45, 2.75) is 50.8 Å². The quantitative estimate of drug-likeness (QED) is 0.630. The van der Waals surface area contributed by atoms with Gasteiger partial charge in [0.2, 0.25) is 0 Å². The Kier molecular flexibility index (Phi) is 4.56. The Morgan fingerprint density at radius 3 is 2.61 bits per heavy atom. The molecule has 18 heavy (non-hydrogen) atoms. The van der Waals surface area contributed by atoms with Crippen molar-refractivity contribution in [2.24, 2.45) is 0 Å². The first-order valence-electron chi connectivity index (χ1n) is 6.90. The fourth-order valence-corrected chi connectivity index (χ4v) is 2.57. The van der Waals surface area contributed by atoms with Crippen LogP contribution in [0.1, 0.15) is 50.6 Å². The third-order valence-corrected chi connectivity index (χ3v) is 3.64. The van der Waals surface area contributed by atoms with Crippen molar-refractivity contribution in [1.29, 1.82) is 0 Å². The number of rotatable bonds is 3. The third kappa shape index (κ3) is 3.69. The number of benzene rings is 1. The highest BCUT2D eigenvalue weighted by Crippen LogP contribution is 2.24. The summed E-state index contributed by atoms with van der Waals surface area (Å²) in [6, 6.07) is 10.5. The van der Waals surface area contributed by atoms with Crippen molar-refractivity contribution < 1.29 is 5.11 Å². The van der Waals surface area contributed by atoms with E-state index in [-0.39, 0.29) is 6.04 Å². The standard InChI is InChI=1S/C16H23NO/c1-14(15-10-6-5-7-11-15)17-16(18)12-8-3-2-4-9-13-16/h2-3,5-7,10-11,14,17-18H,4,8-9,12-13H2,1H3/b3-2-/t14-,16?/m1/s1. The molecule has 1 aromatic carbocycles. The lowest BCUT2D eigenvalue weighted by Crippen LogP contribution is -2.46. The molecule has 0 spiro atoms. The van der Waals surface area contributed by atoms with Crippen molar-refractivity contribution in [3.8, 4) is 0 Å². The summed E-state index contributed by atoms with van der Waals surface area (Å²) in [6.07, 6.45) is 9.09. The molecule has 2 atom stereocenters. The van der Waals surface area contributed by atoms with Gasteiger partial charge in [0.15, 0.2) is 0 Å². The SMILES string of the molecule is C[C@@H](NC1(O)CC/C=C\CCC1)c1ccccc1. The predicted octanol–water partition coefficient (Wildman–Crippen LogP) is 3.55. The highest BCUT2D eigenvalue weighted by Gasteiger charge is 2.27. The Bertz CT molecular complexity index is 387. The van der Waals surface area contributed by atoms with Gasteiger partial charge < -0.3 is 5.11 Å². The van der Waals surface area contributed by atoms with E-state index in [1.165, 1.54) is 5.56 Å². The molecule has 0 saturated heterocycles. The van der Waals surface area contributed by atoms with Gasteiger partial charge in [-0.2, -0.15) is 0 Å². The van der Waals surface area contributed by atoms with Gasteiger partial charge in [-0.25, -0.2) is 0 Å². The van der Waals surface area contributed by atoms with E-state index in [1.54, 1.807) is 0 Å². The zero-order valence-electron chi connectivity index (χ0n) is 11.1. The maximum Gasteiger partial charge on any atom is 0.116 e. The lowest BCUT2D eigenvalue weighted by atomic mass is 9.95. The minimum absolute atomic E-state index is 0.180. The molecule has 1 aromatic rings. The zero-order valence-corrected chi connectivity index (χ0v) is 11.1. The highest BCUT2D eigenvalue weighted by atomic mass is 16.3. The molecule has 1 aliphatic rings. The Labute approximate surface area is 110 Å². The van der Waals surface area contributed by atoms with Gasteiger partial charge in [-0.05, 0) is 44.6 Å². The van der Waals surface area contributed by atoms with E-state index in [0.717, 1.165) is 32.1 Å². The van der Waals surface area contributed by atoms with Crippen molar-refractivity contribution in [3.63, 3.8) is 0 Å². The molecule has 98 valence electrons. The lowest BCUT2D eigenvalue weighted by Gasteiger charge is -2.33. The molecule has 0 fully saturated rings. The molecule has 1 aliphatic carbocycles. The van der Waals surface area contributed by atoms with Crippen LogP contribution in [0.4, 0.5) is 0 Å². The summed E-state index contributed by atoms with van der Waals surface area (Å²) in [4.78, 5) is 0. The van der Waals surface area contributed by atoms with Gasteiger partial charge >= 0.3 is 0 Å². The van der Waals surface area contributed by atoms with Crippen LogP contribution in [0, 0.1) is 0 Å². The second-order valence-electron chi connectivity index (χ2n) is 5.21. The second-order valence-corrected chi connectivity index (χ2v) is 5.21. The average Bonchev–Trinajstić information content (AvgIpc) is 2.36. The summed E-state index contributed by atoms with van der Waals surface area (Å²) < 4.78 is 0. The van der Waals surface area contributed by atoms with E-state index < -0.39 is 5.72 Å². The molecule has 2 nitrogen and oxygen atoms in total. The molecule has 0 aliphatic heterocycles. The summed E-state index contributed by atoms with van der Waals surface area (Å²) >= 11 is 0. The molecule has 0 heterocycles. The molecule has 2 N–H and O–H groups in total. The van der Waals surface area contributed by atoms with E-state index in [9.17, 15) is 5.11 Å². The van der Waals surface area contributed by atoms with E-state index in [0.29, 0.717) is 0 Å². The van der Waals surface area contributed by atoms with Crippen LogP contribution in [0.15, 0.2) is 42.5 Å². The minimum Gasteiger partial charge on any atom is -0.376 e. The van der Waals surface area contributed by atoms with Gasteiger partial charge in [-0.15, -0.1) is 0 Å². The molecule has 2 rings (SSSR count). The molecule has 0 bridgehead atoms. The maximum atomic E-state index is 10.7. The highest BCUT2D eigenvalue weighted by molar-refractivity contribution is 5.18. The molecule has 2 heteroatoms. The van der Waals surface area contributed by atoms with Crippen molar-refractivity contribution >= 4 is 0 Å². The zero-order chi connectivity index (χ0) is 12.8. The van der Waals surface area contributed by atoms with Crippen LogP contribution in [-0.4, -0.2) is 10.8 Å². The molecular formula is C16H23NO. The molecular weight excluding hydrogens is 222 g/mol. The van der Waals surface area contributed by atoms with E-state index in [1.807, 2.05) is 18.2 Å². The fourth-order valence-electron chi connectivity index (χ4n) is 2.57. The Morgan fingerprint density at radius 2 is 1.83 bits per heavy atom. The summed E-state index contributed by atoms with van der Waals surface area (Å²) in [6.45, 7) is 2.11. The molecule has 0 amide bonds. The van der Waals surface area contributed by atoms with Gasteiger partial charge in [-0.1, -0.05) is 42.5 Å². The summed E-state index contributed by atoms with van der Waals surface area (Å²) in [5.41, 5.74) is 0.503. The predicted molar refractivity (Wildman–Crippen MR) is 75.2 cm³/mol. The van der Waals surface area contributed by atoms with Gasteiger partial charge in [0, 0.05) is 6.04 Å². The molecule has 0 radical (unpaired) electrons. The topological polar surface area (TPSA) is 32.3 Å². The number of hydrogen-bond acceptors (Lipinski definition) is 2. The molecule has 1 unspecified atom stereocenters. The van der Waals surface area contributed by atoms with Crippen LogP contribution >= 0.6 is 0 Å². The van der Waals surface area contributed by atoms with Crippen molar-refractivity contribution in [3.05, 3.63) is 48.0 Å². The van der Waals surface area contributed by atoms with Crippen LogP contribution in [0.25, 0.3) is 0 Å².